The fourth-order valence-corrected chi connectivity index (χ4v) is 1.37. The second-order valence-corrected chi connectivity index (χ2v) is 3.32. The van der Waals surface area contributed by atoms with Crippen molar-refractivity contribution in [1.29, 1.82) is 0 Å². The van der Waals surface area contributed by atoms with Crippen LogP contribution in [0.5, 0.6) is 0 Å². The van der Waals surface area contributed by atoms with E-state index < -0.39 is 0 Å². The molecule has 0 amide bonds. The Morgan fingerprint density at radius 3 is 2.18 bits per heavy atom. The van der Waals surface area contributed by atoms with Gasteiger partial charge in [-0.3, -0.25) is 0 Å². The average molecular weight is 158 g/mol. The summed E-state index contributed by atoms with van der Waals surface area (Å²) in [6, 6.07) is 0. The van der Waals surface area contributed by atoms with Gasteiger partial charge in [0.1, 0.15) is 0 Å². The van der Waals surface area contributed by atoms with E-state index in [0.29, 0.717) is 0 Å². The molecule has 0 aliphatic carbocycles. The lowest BCUT2D eigenvalue weighted by Crippen LogP contribution is -2.32. The van der Waals surface area contributed by atoms with Gasteiger partial charge < -0.3 is 11.5 Å². The van der Waals surface area contributed by atoms with E-state index in [1.807, 2.05) is 0 Å². The van der Waals surface area contributed by atoms with E-state index in [9.17, 15) is 0 Å². The summed E-state index contributed by atoms with van der Waals surface area (Å²) in [6.07, 6.45) is 5.96. The molecular formula is C9H22N2. The highest BCUT2D eigenvalue weighted by Crippen LogP contribution is 2.16. The maximum atomic E-state index is 5.52. The Hall–Kier alpha value is -0.0800. The van der Waals surface area contributed by atoms with E-state index in [4.69, 9.17) is 11.5 Å². The maximum Gasteiger partial charge on any atom is 0.0523 e. The Labute approximate surface area is 70.3 Å². The number of unbranched alkanes of at least 4 members (excludes halogenated alkanes) is 1. The topological polar surface area (TPSA) is 52.0 Å². The summed E-state index contributed by atoms with van der Waals surface area (Å²) in [6.45, 7) is 4.43. The maximum absolute atomic E-state index is 5.52. The van der Waals surface area contributed by atoms with Gasteiger partial charge in [-0.25, -0.2) is 0 Å². The Kier molecular flexibility index (Phi) is 6.57. The zero-order valence-corrected chi connectivity index (χ0v) is 7.84. The van der Waals surface area contributed by atoms with E-state index in [-0.39, 0.29) is 6.17 Å². The molecule has 4 N–H and O–H groups in total. The Morgan fingerprint density at radius 2 is 1.82 bits per heavy atom. The minimum Gasteiger partial charge on any atom is -0.316 e. The average Bonchev–Trinajstić information content (AvgIpc) is 1.97. The SMILES string of the molecule is CCCCC(CC)CC(N)N. The van der Waals surface area contributed by atoms with Crippen molar-refractivity contribution in [2.24, 2.45) is 17.4 Å². The van der Waals surface area contributed by atoms with Gasteiger partial charge >= 0.3 is 0 Å². The molecule has 68 valence electrons. The van der Waals surface area contributed by atoms with Crippen LogP contribution in [0.1, 0.15) is 46.0 Å². The highest BCUT2D eigenvalue weighted by Gasteiger charge is 2.07. The highest BCUT2D eigenvalue weighted by molar-refractivity contribution is 4.62. The first-order chi connectivity index (χ1) is 5.20. The summed E-state index contributed by atoms with van der Waals surface area (Å²) < 4.78 is 0. The monoisotopic (exact) mass is 158 g/mol. The zero-order valence-electron chi connectivity index (χ0n) is 7.84. The molecule has 0 saturated carbocycles. The molecule has 1 atom stereocenters. The van der Waals surface area contributed by atoms with Crippen LogP contribution < -0.4 is 11.5 Å². The predicted molar refractivity (Wildman–Crippen MR) is 50.1 cm³/mol. The lowest BCUT2D eigenvalue weighted by atomic mass is 9.95. The molecule has 0 bridgehead atoms. The van der Waals surface area contributed by atoms with E-state index >= 15 is 0 Å². The van der Waals surface area contributed by atoms with Gasteiger partial charge in [-0.05, 0) is 12.3 Å². The summed E-state index contributed by atoms with van der Waals surface area (Å²) >= 11 is 0. The highest BCUT2D eigenvalue weighted by atomic mass is 14.8. The molecule has 0 spiro atoms. The lowest BCUT2D eigenvalue weighted by molar-refractivity contribution is 0.388. The van der Waals surface area contributed by atoms with Gasteiger partial charge in [0, 0.05) is 0 Å². The molecule has 0 saturated heterocycles. The normalized spacial score (nSPS) is 13.9. The van der Waals surface area contributed by atoms with Gasteiger partial charge in [0.2, 0.25) is 0 Å². The molecule has 0 aliphatic rings. The Morgan fingerprint density at radius 1 is 1.18 bits per heavy atom. The molecule has 0 fully saturated rings. The first-order valence-corrected chi connectivity index (χ1v) is 4.71. The largest absolute Gasteiger partial charge is 0.316 e. The predicted octanol–water partition coefficient (Wildman–Crippen LogP) is 1.84. The minimum absolute atomic E-state index is 0.114. The van der Waals surface area contributed by atoms with Gasteiger partial charge in [-0.15, -0.1) is 0 Å². The van der Waals surface area contributed by atoms with E-state index in [1.54, 1.807) is 0 Å². The molecule has 0 heterocycles. The van der Waals surface area contributed by atoms with E-state index in [2.05, 4.69) is 13.8 Å². The molecule has 0 radical (unpaired) electrons. The summed E-state index contributed by atoms with van der Waals surface area (Å²) in [4.78, 5) is 0. The summed E-state index contributed by atoms with van der Waals surface area (Å²) in [7, 11) is 0. The quantitative estimate of drug-likeness (QED) is 0.579. The molecule has 2 nitrogen and oxygen atoms in total. The zero-order chi connectivity index (χ0) is 8.69. The summed E-state index contributed by atoms with van der Waals surface area (Å²) in [5.41, 5.74) is 11.0. The van der Waals surface area contributed by atoms with Gasteiger partial charge in [-0.2, -0.15) is 0 Å². The van der Waals surface area contributed by atoms with Crippen molar-refractivity contribution in [3.63, 3.8) is 0 Å². The summed E-state index contributed by atoms with van der Waals surface area (Å²) in [5.74, 6) is 0.745. The molecule has 0 aromatic heterocycles. The molecule has 2 heteroatoms. The van der Waals surface area contributed by atoms with Crippen LogP contribution in [0, 0.1) is 5.92 Å². The van der Waals surface area contributed by atoms with Crippen molar-refractivity contribution in [3.05, 3.63) is 0 Å². The van der Waals surface area contributed by atoms with Crippen LogP contribution in [-0.4, -0.2) is 6.17 Å². The lowest BCUT2D eigenvalue weighted by Gasteiger charge is -2.16. The van der Waals surface area contributed by atoms with Crippen LogP contribution >= 0.6 is 0 Å². The molecule has 0 aliphatic heterocycles. The van der Waals surface area contributed by atoms with E-state index in [0.717, 1.165) is 12.3 Å². The number of rotatable bonds is 6. The fraction of sp³-hybridized carbons (Fsp3) is 1.00. The third-order valence-corrected chi connectivity index (χ3v) is 2.15. The number of hydrogen-bond donors (Lipinski definition) is 2. The van der Waals surface area contributed by atoms with Gasteiger partial charge in [-0.1, -0.05) is 39.5 Å². The summed E-state index contributed by atoms with van der Waals surface area (Å²) in [5, 5.41) is 0. The molecule has 11 heavy (non-hydrogen) atoms. The van der Waals surface area contributed by atoms with Gasteiger partial charge in [0.05, 0.1) is 6.17 Å². The van der Waals surface area contributed by atoms with Gasteiger partial charge in [0.15, 0.2) is 0 Å². The third-order valence-electron chi connectivity index (χ3n) is 2.15. The second-order valence-electron chi connectivity index (χ2n) is 3.32. The molecule has 1 unspecified atom stereocenters. The van der Waals surface area contributed by atoms with Gasteiger partial charge in [0.25, 0.3) is 0 Å². The van der Waals surface area contributed by atoms with Crippen LogP contribution in [0.25, 0.3) is 0 Å². The minimum atomic E-state index is -0.114. The van der Waals surface area contributed by atoms with Crippen LogP contribution in [0.3, 0.4) is 0 Å². The van der Waals surface area contributed by atoms with Crippen molar-refractivity contribution in [1.82, 2.24) is 0 Å². The Balaban J connectivity index is 3.41. The fourth-order valence-electron chi connectivity index (χ4n) is 1.37. The van der Waals surface area contributed by atoms with Crippen LogP contribution in [0.15, 0.2) is 0 Å². The van der Waals surface area contributed by atoms with Crippen molar-refractivity contribution >= 4 is 0 Å². The van der Waals surface area contributed by atoms with Crippen molar-refractivity contribution in [3.8, 4) is 0 Å². The molecule has 0 aromatic rings. The van der Waals surface area contributed by atoms with Crippen molar-refractivity contribution < 1.29 is 0 Å². The van der Waals surface area contributed by atoms with Crippen LogP contribution in [0.4, 0.5) is 0 Å². The second kappa shape index (κ2) is 6.62. The van der Waals surface area contributed by atoms with Crippen molar-refractivity contribution in [2.75, 3.05) is 0 Å². The number of nitrogens with two attached hydrogens (primary N) is 2. The third kappa shape index (κ3) is 6.32. The van der Waals surface area contributed by atoms with E-state index in [1.165, 1.54) is 25.7 Å². The smallest absolute Gasteiger partial charge is 0.0523 e. The van der Waals surface area contributed by atoms with Crippen molar-refractivity contribution in [2.45, 2.75) is 52.1 Å². The Bertz CT molecular complexity index is 81.6. The molecule has 0 rings (SSSR count). The standard InChI is InChI=1S/C9H22N2/c1-3-5-6-8(4-2)7-9(10)11/h8-9H,3-7,10-11H2,1-2H3. The first-order valence-electron chi connectivity index (χ1n) is 4.71. The molecular weight excluding hydrogens is 136 g/mol. The van der Waals surface area contributed by atoms with Crippen LogP contribution in [-0.2, 0) is 0 Å². The number of hydrogen-bond acceptors (Lipinski definition) is 2. The van der Waals surface area contributed by atoms with Crippen LogP contribution in [0.2, 0.25) is 0 Å². The molecule has 0 aromatic carbocycles. The first kappa shape index (κ1) is 10.9.